The number of sulfonamides is 1. The van der Waals surface area contributed by atoms with Crippen molar-refractivity contribution in [3.8, 4) is 0 Å². The smallest absolute Gasteiger partial charge is 0.268 e. The number of anilines is 2. The maximum atomic E-state index is 12.5. The number of rotatable bonds is 6. The summed E-state index contributed by atoms with van der Waals surface area (Å²) in [4.78, 5) is 14.7. The lowest BCUT2D eigenvalue weighted by atomic mass is 10.1. The molecule has 3 aromatic carbocycles. The number of benzene rings is 3. The molecule has 0 aromatic heterocycles. The number of hydrazine groups is 1. The van der Waals surface area contributed by atoms with Crippen LogP contribution in [0.25, 0.3) is 0 Å². The number of aryl methyl sites for hydroxylation is 1. The lowest BCUT2D eigenvalue weighted by Crippen LogP contribution is -2.41. The van der Waals surface area contributed by atoms with Gasteiger partial charge in [0, 0.05) is 5.69 Å². The molecule has 0 aliphatic carbocycles. The van der Waals surface area contributed by atoms with Crippen molar-refractivity contribution in [3.63, 3.8) is 0 Å². The highest BCUT2D eigenvalue weighted by Gasteiger charge is 2.17. The van der Waals surface area contributed by atoms with Crippen LogP contribution in [0.1, 0.15) is 15.9 Å². The van der Waals surface area contributed by atoms with Crippen LogP contribution in [-0.2, 0) is 10.0 Å². The van der Waals surface area contributed by atoms with E-state index < -0.39 is 15.9 Å². The van der Waals surface area contributed by atoms with Gasteiger partial charge in [0.05, 0.1) is 16.1 Å². The van der Waals surface area contributed by atoms with E-state index in [2.05, 4.69) is 15.6 Å². The van der Waals surface area contributed by atoms with Crippen LogP contribution in [0, 0.1) is 6.92 Å². The Morgan fingerprint density at radius 1 is 0.815 bits per heavy atom. The van der Waals surface area contributed by atoms with E-state index in [1.807, 2.05) is 37.3 Å². The van der Waals surface area contributed by atoms with Crippen molar-refractivity contribution in [1.82, 2.24) is 10.3 Å². The van der Waals surface area contributed by atoms with Gasteiger partial charge in [0.15, 0.2) is 0 Å². The van der Waals surface area contributed by atoms with E-state index in [-0.39, 0.29) is 4.90 Å². The minimum absolute atomic E-state index is 0.0732. The molecule has 6 nitrogen and oxygen atoms in total. The number of amides is 1. The van der Waals surface area contributed by atoms with Crippen LogP contribution in [0.5, 0.6) is 0 Å². The molecule has 138 valence electrons. The van der Waals surface area contributed by atoms with E-state index in [9.17, 15) is 13.2 Å². The molecule has 0 radical (unpaired) electrons. The Kier molecular flexibility index (Phi) is 5.54. The number of hydrogen-bond donors (Lipinski definition) is 3. The van der Waals surface area contributed by atoms with Crippen molar-refractivity contribution in [3.05, 3.63) is 90.0 Å². The summed E-state index contributed by atoms with van der Waals surface area (Å²) in [7, 11) is -3.85. The fourth-order valence-electron chi connectivity index (χ4n) is 2.42. The normalized spacial score (nSPS) is 11.0. The van der Waals surface area contributed by atoms with Crippen molar-refractivity contribution in [2.24, 2.45) is 0 Å². The Labute approximate surface area is 158 Å². The van der Waals surface area contributed by atoms with Gasteiger partial charge < -0.3 is 5.32 Å². The van der Waals surface area contributed by atoms with Crippen molar-refractivity contribution < 1.29 is 13.2 Å². The summed E-state index contributed by atoms with van der Waals surface area (Å²) < 4.78 is 24.6. The molecule has 0 saturated carbocycles. The average molecular weight is 381 g/mol. The first-order valence-corrected chi connectivity index (χ1v) is 9.74. The molecule has 0 bridgehead atoms. The highest BCUT2D eigenvalue weighted by molar-refractivity contribution is 7.89. The molecule has 0 heterocycles. The number of hydrogen-bond acceptors (Lipinski definition) is 4. The summed E-state index contributed by atoms with van der Waals surface area (Å²) in [6, 6.07) is 22.6. The Morgan fingerprint density at radius 3 is 2.15 bits per heavy atom. The Hall–Kier alpha value is -3.16. The maximum Gasteiger partial charge on any atom is 0.268 e. The Morgan fingerprint density at radius 2 is 1.44 bits per heavy atom. The molecule has 0 atom stereocenters. The van der Waals surface area contributed by atoms with Gasteiger partial charge in [0.1, 0.15) is 0 Å². The molecular formula is C20H19N3O3S. The highest BCUT2D eigenvalue weighted by atomic mass is 32.2. The zero-order valence-electron chi connectivity index (χ0n) is 14.6. The van der Waals surface area contributed by atoms with E-state index in [1.165, 1.54) is 12.1 Å². The number of carbonyl (C=O) groups is 1. The molecule has 0 spiro atoms. The fraction of sp³-hybridized carbons (Fsp3) is 0.0500. The second kappa shape index (κ2) is 8.03. The zero-order chi connectivity index (χ0) is 19.3. The molecule has 3 aromatic rings. The van der Waals surface area contributed by atoms with E-state index in [0.29, 0.717) is 11.3 Å². The highest BCUT2D eigenvalue weighted by Crippen LogP contribution is 2.20. The van der Waals surface area contributed by atoms with Crippen molar-refractivity contribution in [2.45, 2.75) is 11.8 Å². The molecule has 1 amide bonds. The monoisotopic (exact) mass is 381 g/mol. The third kappa shape index (κ3) is 4.72. The summed E-state index contributed by atoms with van der Waals surface area (Å²) in [6.45, 7) is 1.86. The molecule has 3 rings (SSSR count). The predicted octanol–water partition coefficient (Wildman–Crippen LogP) is 3.36. The second-order valence-corrected chi connectivity index (χ2v) is 7.59. The van der Waals surface area contributed by atoms with Crippen molar-refractivity contribution in [1.29, 1.82) is 0 Å². The van der Waals surface area contributed by atoms with Gasteiger partial charge in [-0.25, -0.2) is 8.42 Å². The topological polar surface area (TPSA) is 87.3 Å². The first kappa shape index (κ1) is 18.6. The summed E-state index contributed by atoms with van der Waals surface area (Å²) in [5, 5.41) is 3.15. The second-order valence-electron chi connectivity index (χ2n) is 5.91. The molecule has 27 heavy (non-hydrogen) atoms. The van der Waals surface area contributed by atoms with E-state index in [1.54, 1.807) is 36.4 Å². The van der Waals surface area contributed by atoms with Crippen LogP contribution < -0.4 is 15.6 Å². The SMILES string of the molecule is Cc1ccc(S(=O)(=O)NNC(=O)c2ccccc2Nc2ccccc2)cc1. The molecule has 0 fully saturated rings. The molecule has 0 saturated heterocycles. The van der Waals surface area contributed by atoms with Gasteiger partial charge >= 0.3 is 0 Å². The maximum absolute atomic E-state index is 12.5. The first-order chi connectivity index (χ1) is 13.0. The van der Waals surface area contributed by atoms with Crippen LogP contribution in [0.2, 0.25) is 0 Å². The molecular weight excluding hydrogens is 362 g/mol. The van der Waals surface area contributed by atoms with Crippen LogP contribution in [0.4, 0.5) is 11.4 Å². The molecule has 0 aliphatic rings. The van der Waals surface area contributed by atoms with Crippen LogP contribution >= 0.6 is 0 Å². The van der Waals surface area contributed by atoms with E-state index in [4.69, 9.17) is 0 Å². The third-order valence-corrected chi connectivity index (χ3v) is 5.12. The number of carbonyl (C=O) groups excluding carboxylic acids is 1. The van der Waals surface area contributed by atoms with Gasteiger partial charge in [-0.15, -0.1) is 4.83 Å². The summed E-state index contributed by atoms with van der Waals surface area (Å²) in [6.07, 6.45) is 0. The first-order valence-electron chi connectivity index (χ1n) is 8.26. The standard InChI is InChI=1S/C20H19N3O3S/c1-15-11-13-17(14-12-15)27(25,26)23-22-20(24)18-9-5-6-10-19(18)21-16-7-3-2-4-8-16/h2-14,21,23H,1H3,(H,22,24). The summed E-state index contributed by atoms with van der Waals surface area (Å²) in [5.74, 6) is -0.565. The lowest BCUT2D eigenvalue weighted by Gasteiger charge is -2.13. The van der Waals surface area contributed by atoms with Crippen LogP contribution in [0.15, 0.2) is 83.8 Å². The van der Waals surface area contributed by atoms with Gasteiger partial charge in [0.2, 0.25) is 0 Å². The van der Waals surface area contributed by atoms with E-state index >= 15 is 0 Å². The van der Waals surface area contributed by atoms with Gasteiger partial charge in [-0.05, 0) is 43.3 Å². The molecule has 0 aliphatic heterocycles. The van der Waals surface area contributed by atoms with Crippen LogP contribution in [0.3, 0.4) is 0 Å². The summed E-state index contributed by atoms with van der Waals surface area (Å²) in [5.41, 5.74) is 4.90. The van der Waals surface area contributed by atoms with Gasteiger partial charge in [-0.3, -0.25) is 10.2 Å². The molecule has 3 N–H and O–H groups in total. The largest absolute Gasteiger partial charge is 0.355 e. The predicted molar refractivity (Wildman–Crippen MR) is 105 cm³/mol. The minimum atomic E-state index is -3.85. The molecule has 0 unspecified atom stereocenters. The number of para-hydroxylation sites is 2. The average Bonchev–Trinajstić information content (AvgIpc) is 2.68. The Balaban J connectivity index is 1.74. The summed E-state index contributed by atoms with van der Waals surface area (Å²) >= 11 is 0. The van der Waals surface area contributed by atoms with Gasteiger partial charge in [-0.2, -0.15) is 0 Å². The van der Waals surface area contributed by atoms with E-state index in [0.717, 1.165) is 11.3 Å². The van der Waals surface area contributed by atoms with Crippen molar-refractivity contribution >= 4 is 27.3 Å². The quantitative estimate of drug-likeness (QED) is 0.572. The third-order valence-electron chi connectivity index (χ3n) is 3.85. The Bertz CT molecular complexity index is 1030. The van der Waals surface area contributed by atoms with Crippen molar-refractivity contribution in [2.75, 3.05) is 5.32 Å². The lowest BCUT2D eigenvalue weighted by molar-refractivity contribution is 0.0946. The zero-order valence-corrected chi connectivity index (χ0v) is 15.5. The fourth-order valence-corrected chi connectivity index (χ4v) is 3.26. The number of nitrogens with one attached hydrogen (secondary N) is 3. The minimum Gasteiger partial charge on any atom is -0.355 e. The molecule has 7 heteroatoms. The van der Waals surface area contributed by atoms with Gasteiger partial charge in [0.25, 0.3) is 15.9 Å². The van der Waals surface area contributed by atoms with Crippen LogP contribution in [-0.4, -0.2) is 14.3 Å². The van der Waals surface area contributed by atoms with Gasteiger partial charge in [-0.1, -0.05) is 48.0 Å².